The Labute approximate surface area is 121 Å². The van der Waals surface area contributed by atoms with Crippen molar-refractivity contribution in [2.45, 2.75) is 39.2 Å². The van der Waals surface area contributed by atoms with Gasteiger partial charge in [-0.3, -0.25) is 0 Å². The SMILES string of the molecule is CCNC(c1ccc(CC)o1)C1Cc2ccccc2C1. The summed E-state index contributed by atoms with van der Waals surface area (Å²) in [7, 11) is 0. The van der Waals surface area contributed by atoms with Crippen LogP contribution in [0.1, 0.15) is 42.5 Å². The molecule has 0 bridgehead atoms. The van der Waals surface area contributed by atoms with E-state index in [-0.39, 0.29) is 0 Å². The van der Waals surface area contributed by atoms with Crippen LogP contribution < -0.4 is 5.32 Å². The van der Waals surface area contributed by atoms with Crippen molar-refractivity contribution in [3.63, 3.8) is 0 Å². The van der Waals surface area contributed by atoms with Gasteiger partial charge in [-0.1, -0.05) is 38.1 Å². The lowest BCUT2D eigenvalue weighted by Gasteiger charge is -2.22. The Morgan fingerprint density at radius 3 is 2.35 bits per heavy atom. The largest absolute Gasteiger partial charge is 0.464 e. The predicted octanol–water partition coefficient (Wildman–Crippen LogP) is 3.91. The Bertz CT molecular complexity index is 547. The van der Waals surface area contributed by atoms with Gasteiger partial charge in [0.15, 0.2) is 0 Å². The number of fused-ring (bicyclic) bond motifs is 1. The smallest absolute Gasteiger partial charge is 0.121 e. The van der Waals surface area contributed by atoms with Gasteiger partial charge in [0.2, 0.25) is 0 Å². The number of furan rings is 1. The van der Waals surface area contributed by atoms with E-state index >= 15 is 0 Å². The first-order valence-corrected chi connectivity index (χ1v) is 7.70. The second-order valence-corrected chi connectivity index (χ2v) is 5.63. The fourth-order valence-electron chi connectivity index (χ4n) is 3.30. The second kappa shape index (κ2) is 5.84. The maximum Gasteiger partial charge on any atom is 0.121 e. The molecular weight excluding hydrogens is 246 g/mol. The van der Waals surface area contributed by atoms with Crippen molar-refractivity contribution in [1.82, 2.24) is 5.32 Å². The van der Waals surface area contributed by atoms with Crippen LogP contribution in [-0.2, 0) is 19.3 Å². The van der Waals surface area contributed by atoms with Crippen LogP contribution in [0, 0.1) is 5.92 Å². The first-order chi connectivity index (χ1) is 9.81. The molecule has 2 nitrogen and oxygen atoms in total. The first-order valence-electron chi connectivity index (χ1n) is 7.70. The topological polar surface area (TPSA) is 25.2 Å². The van der Waals surface area contributed by atoms with Gasteiger partial charge in [-0.15, -0.1) is 0 Å². The lowest BCUT2D eigenvalue weighted by Crippen LogP contribution is -2.28. The van der Waals surface area contributed by atoms with Crippen molar-refractivity contribution < 1.29 is 4.42 Å². The van der Waals surface area contributed by atoms with Crippen LogP contribution in [0.15, 0.2) is 40.8 Å². The van der Waals surface area contributed by atoms with Crippen molar-refractivity contribution in [3.8, 4) is 0 Å². The third kappa shape index (κ3) is 2.53. The third-order valence-corrected chi connectivity index (χ3v) is 4.32. The van der Waals surface area contributed by atoms with E-state index in [4.69, 9.17) is 4.42 Å². The quantitative estimate of drug-likeness (QED) is 0.890. The molecule has 20 heavy (non-hydrogen) atoms. The number of hydrogen-bond acceptors (Lipinski definition) is 2. The molecule has 0 aliphatic heterocycles. The molecule has 0 saturated carbocycles. The summed E-state index contributed by atoms with van der Waals surface area (Å²) < 4.78 is 6.00. The van der Waals surface area contributed by atoms with Gasteiger partial charge in [-0.05, 0) is 48.6 Å². The molecule has 1 aliphatic carbocycles. The molecule has 0 spiro atoms. The van der Waals surface area contributed by atoms with Gasteiger partial charge in [0.1, 0.15) is 11.5 Å². The van der Waals surface area contributed by atoms with Gasteiger partial charge in [-0.2, -0.15) is 0 Å². The van der Waals surface area contributed by atoms with Crippen LogP contribution in [0.2, 0.25) is 0 Å². The van der Waals surface area contributed by atoms with E-state index in [9.17, 15) is 0 Å². The second-order valence-electron chi connectivity index (χ2n) is 5.63. The zero-order chi connectivity index (χ0) is 13.9. The van der Waals surface area contributed by atoms with Gasteiger partial charge in [0, 0.05) is 6.42 Å². The average Bonchev–Trinajstić information content (AvgIpc) is 3.10. The van der Waals surface area contributed by atoms with Crippen LogP contribution in [0.4, 0.5) is 0 Å². The molecule has 1 heterocycles. The summed E-state index contributed by atoms with van der Waals surface area (Å²) in [6, 6.07) is 13.4. The van der Waals surface area contributed by atoms with E-state index in [0.717, 1.165) is 37.3 Å². The van der Waals surface area contributed by atoms with Crippen LogP contribution >= 0.6 is 0 Å². The number of benzene rings is 1. The molecule has 3 rings (SSSR count). The molecular formula is C18H23NO. The summed E-state index contributed by atoms with van der Waals surface area (Å²) in [5.74, 6) is 2.78. The summed E-state index contributed by atoms with van der Waals surface area (Å²) in [5.41, 5.74) is 3.00. The van der Waals surface area contributed by atoms with Crippen molar-refractivity contribution in [2.75, 3.05) is 6.54 Å². The fourth-order valence-corrected chi connectivity index (χ4v) is 3.30. The van der Waals surface area contributed by atoms with Crippen LogP contribution in [0.3, 0.4) is 0 Å². The van der Waals surface area contributed by atoms with Crippen molar-refractivity contribution >= 4 is 0 Å². The Hall–Kier alpha value is -1.54. The number of nitrogens with one attached hydrogen (secondary N) is 1. The molecule has 1 aromatic heterocycles. The fraction of sp³-hybridized carbons (Fsp3) is 0.444. The van der Waals surface area contributed by atoms with E-state index in [1.807, 2.05) is 0 Å². The molecule has 1 aliphatic rings. The summed E-state index contributed by atoms with van der Waals surface area (Å²) >= 11 is 0. The third-order valence-electron chi connectivity index (χ3n) is 4.32. The number of hydrogen-bond donors (Lipinski definition) is 1. The molecule has 0 saturated heterocycles. The standard InChI is InChI=1S/C18H23NO/c1-3-16-9-10-17(20-16)18(19-4-2)15-11-13-7-5-6-8-14(13)12-15/h5-10,15,18-19H,3-4,11-12H2,1-2H3. The minimum absolute atomic E-state index is 0.327. The van der Waals surface area contributed by atoms with Gasteiger partial charge < -0.3 is 9.73 Å². The Kier molecular flexibility index (Phi) is 3.93. The molecule has 0 radical (unpaired) electrons. The van der Waals surface area contributed by atoms with Gasteiger partial charge in [0.05, 0.1) is 6.04 Å². The van der Waals surface area contributed by atoms with E-state index in [1.54, 1.807) is 0 Å². The highest BCUT2D eigenvalue weighted by Gasteiger charge is 2.30. The summed E-state index contributed by atoms with van der Waals surface area (Å²) in [4.78, 5) is 0. The van der Waals surface area contributed by atoms with Crippen LogP contribution in [0.5, 0.6) is 0 Å². The predicted molar refractivity (Wildman–Crippen MR) is 81.8 cm³/mol. The van der Waals surface area contributed by atoms with Crippen LogP contribution in [-0.4, -0.2) is 6.54 Å². The zero-order valence-corrected chi connectivity index (χ0v) is 12.4. The van der Waals surface area contributed by atoms with Crippen molar-refractivity contribution in [3.05, 3.63) is 59.0 Å². The normalized spacial score (nSPS) is 16.3. The van der Waals surface area contributed by atoms with Crippen molar-refractivity contribution in [2.24, 2.45) is 5.92 Å². The first kappa shape index (κ1) is 13.4. The molecule has 0 fully saturated rings. The Morgan fingerprint density at radius 2 is 1.80 bits per heavy atom. The minimum atomic E-state index is 0.327. The highest BCUT2D eigenvalue weighted by atomic mass is 16.3. The zero-order valence-electron chi connectivity index (χ0n) is 12.4. The average molecular weight is 269 g/mol. The van der Waals surface area contributed by atoms with E-state index in [0.29, 0.717) is 12.0 Å². The Morgan fingerprint density at radius 1 is 1.10 bits per heavy atom. The summed E-state index contributed by atoms with van der Waals surface area (Å²) in [5, 5.41) is 3.62. The molecule has 106 valence electrons. The van der Waals surface area contributed by atoms with Crippen LogP contribution in [0.25, 0.3) is 0 Å². The van der Waals surface area contributed by atoms with Gasteiger partial charge in [0.25, 0.3) is 0 Å². The molecule has 2 aromatic rings. The maximum absolute atomic E-state index is 6.00. The number of rotatable bonds is 5. The summed E-state index contributed by atoms with van der Waals surface area (Å²) in [6.07, 6.45) is 3.26. The number of aryl methyl sites for hydroxylation is 1. The van der Waals surface area contributed by atoms with E-state index in [1.165, 1.54) is 11.1 Å². The maximum atomic E-state index is 6.00. The van der Waals surface area contributed by atoms with Crippen molar-refractivity contribution in [1.29, 1.82) is 0 Å². The van der Waals surface area contributed by atoms with Gasteiger partial charge >= 0.3 is 0 Å². The molecule has 1 N–H and O–H groups in total. The molecule has 1 atom stereocenters. The van der Waals surface area contributed by atoms with E-state index < -0.39 is 0 Å². The monoisotopic (exact) mass is 269 g/mol. The minimum Gasteiger partial charge on any atom is -0.464 e. The lowest BCUT2D eigenvalue weighted by atomic mass is 9.94. The molecule has 1 unspecified atom stereocenters. The molecule has 1 aromatic carbocycles. The van der Waals surface area contributed by atoms with E-state index in [2.05, 4.69) is 55.6 Å². The Balaban J connectivity index is 1.82. The molecule has 2 heteroatoms. The van der Waals surface area contributed by atoms with Gasteiger partial charge in [-0.25, -0.2) is 0 Å². The molecule has 0 amide bonds. The highest BCUT2D eigenvalue weighted by Crippen LogP contribution is 2.35. The lowest BCUT2D eigenvalue weighted by molar-refractivity contribution is 0.314. The summed E-state index contributed by atoms with van der Waals surface area (Å²) in [6.45, 7) is 5.27. The highest BCUT2D eigenvalue weighted by molar-refractivity contribution is 5.33.